The molecule has 1 heterocycles. The van der Waals surface area contributed by atoms with Crippen LogP contribution in [0.3, 0.4) is 0 Å². The number of hydrogen-bond donors (Lipinski definition) is 1. The van der Waals surface area contributed by atoms with E-state index in [0.29, 0.717) is 13.0 Å². The number of nitrogens with two attached hydrogens (primary N) is 1. The Bertz CT molecular complexity index is 497. The highest BCUT2D eigenvalue weighted by Crippen LogP contribution is 2.25. The number of rotatable bonds is 6. The van der Waals surface area contributed by atoms with Gasteiger partial charge in [-0.2, -0.15) is 0 Å². The Hall–Kier alpha value is -1.04. The van der Waals surface area contributed by atoms with Crippen molar-refractivity contribution in [2.24, 2.45) is 10.7 Å². The summed E-state index contributed by atoms with van der Waals surface area (Å²) in [6.45, 7) is 0.401. The first kappa shape index (κ1) is 14.4. The monoisotopic (exact) mass is 292 g/mol. The van der Waals surface area contributed by atoms with Crippen molar-refractivity contribution in [3.8, 4) is 0 Å². The van der Waals surface area contributed by atoms with Gasteiger partial charge in [0.15, 0.2) is 0 Å². The van der Waals surface area contributed by atoms with Crippen molar-refractivity contribution in [3.05, 3.63) is 35.4 Å². The van der Waals surface area contributed by atoms with Crippen LogP contribution in [-0.4, -0.2) is 34.5 Å². The molecule has 0 fully saturated rings. The third kappa shape index (κ3) is 3.72. The van der Waals surface area contributed by atoms with Crippen molar-refractivity contribution in [1.82, 2.24) is 0 Å². The van der Waals surface area contributed by atoms with Gasteiger partial charge in [0.1, 0.15) is 6.29 Å². The lowest BCUT2D eigenvalue weighted by molar-refractivity contribution is -0.107. The fourth-order valence-electron chi connectivity index (χ4n) is 1.90. The van der Waals surface area contributed by atoms with Gasteiger partial charge in [0.2, 0.25) is 0 Å². The largest absolute Gasteiger partial charge is 0.326 e. The fraction of sp³-hybridized carbons (Fsp3) is 0.357. The third-order valence-electron chi connectivity index (χ3n) is 2.97. The number of benzene rings is 1. The molecule has 19 heavy (non-hydrogen) atoms. The van der Waals surface area contributed by atoms with Gasteiger partial charge in [0, 0.05) is 29.1 Å². The van der Waals surface area contributed by atoms with Crippen LogP contribution in [0.25, 0.3) is 0 Å². The summed E-state index contributed by atoms with van der Waals surface area (Å²) >= 11 is 6.92. The Labute approximate surface area is 122 Å². The zero-order valence-corrected chi connectivity index (χ0v) is 12.2. The maximum atomic E-state index is 10.4. The number of thiocarbonyl (C=S) groups is 1. The SMILES string of the molecule is NCC(=S)c1ccc(C2=NC(CCC=O)CS2)cc1. The van der Waals surface area contributed by atoms with Crippen LogP contribution in [0.5, 0.6) is 0 Å². The van der Waals surface area contributed by atoms with E-state index in [1.165, 1.54) is 0 Å². The number of carbonyl (C=O) groups excluding carboxylic acids is 1. The molecule has 0 bridgehead atoms. The predicted octanol–water partition coefficient (Wildman–Crippen LogP) is 2.20. The maximum absolute atomic E-state index is 10.4. The van der Waals surface area contributed by atoms with Gasteiger partial charge in [-0.25, -0.2) is 0 Å². The first-order valence-corrected chi connectivity index (χ1v) is 7.62. The molecule has 0 saturated carbocycles. The minimum Gasteiger partial charge on any atom is -0.326 e. The molecule has 1 aliphatic heterocycles. The second kappa shape index (κ2) is 6.93. The normalized spacial score (nSPS) is 18.2. The van der Waals surface area contributed by atoms with E-state index in [2.05, 4.69) is 4.99 Å². The van der Waals surface area contributed by atoms with Crippen LogP contribution >= 0.6 is 24.0 Å². The molecule has 1 aliphatic rings. The van der Waals surface area contributed by atoms with Crippen LogP contribution in [0.4, 0.5) is 0 Å². The van der Waals surface area contributed by atoms with Gasteiger partial charge >= 0.3 is 0 Å². The van der Waals surface area contributed by atoms with Crippen LogP contribution in [0.15, 0.2) is 29.3 Å². The molecular formula is C14H16N2OS2. The summed E-state index contributed by atoms with van der Waals surface area (Å²) in [5.74, 6) is 0.964. The maximum Gasteiger partial charge on any atom is 0.120 e. The number of aliphatic imine (C=N–C) groups is 1. The molecule has 0 aromatic heterocycles. The molecule has 2 rings (SSSR count). The summed E-state index contributed by atoms with van der Waals surface area (Å²) in [7, 11) is 0. The van der Waals surface area contributed by atoms with Gasteiger partial charge in [0.05, 0.1) is 11.1 Å². The Morgan fingerprint density at radius 3 is 2.84 bits per heavy atom. The zero-order valence-electron chi connectivity index (χ0n) is 10.5. The molecule has 1 atom stereocenters. The molecule has 100 valence electrons. The smallest absolute Gasteiger partial charge is 0.120 e. The molecule has 3 nitrogen and oxygen atoms in total. The second-order valence-electron chi connectivity index (χ2n) is 4.35. The topological polar surface area (TPSA) is 55.4 Å². The third-order valence-corrected chi connectivity index (χ3v) is 4.54. The van der Waals surface area contributed by atoms with E-state index in [9.17, 15) is 4.79 Å². The Morgan fingerprint density at radius 1 is 1.47 bits per heavy atom. The van der Waals surface area contributed by atoms with Crippen molar-refractivity contribution in [2.45, 2.75) is 18.9 Å². The van der Waals surface area contributed by atoms with E-state index < -0.39 is 0 Å². The molecule has 2 N–H and O–H groups in total. The first-order chi connectivity index (χ1) is 9.24. The van der Waals surface area contributed by atoms with E-state index in [4.69, 9.17) is 18.0 Å². The molecule has 0 spiro atoms. The summed E-state index contributed by atoms with van der Waals surface area (Å²) < 4.78 is 0. The summed E-state index contributed by atoms with van der Waals surface area (Å²) in [6, 6.07) is 8.32. The highest BCUT2D eigenvalue weighted by Gasteiger charge is 2.18. The van der Waals surface area contributed by atoms with Crippen molar-refractivity contribution >= 4 is 40.2 Å². The van der Waals surface area contributed by atoms with E-state index in [0.717, 1.165) is 39.5 Å². The minimum absolute atomic E-state index is 0.273. The molecule has 0 saturated heterocycles. The summed E-state index contributed by atoms with van der Waals surface area (Å²) in [5.41, 5.74) is 7.65. The average Bonchev–Trinajstić information content (AvgIpc) is 2.93. The first-order valence-electron chi connectivity index (χ1n) is 6.22. The lowest BCUT2D eigenvalue weighted by Crippen LogP contribution is -2.12. The van der Waals surface area contributed by atoms with Crippen molar-refractivity contribution in [1.29, 1.82) is 0 Å². The molecule has 0 radical (unpaired) electrons. The number of carbonyl (C=O) groups is 1. The van der Waals surface area contributed by atoms with Crippen molar-refractivity contribution in [2.75, 3.05) is 12.3 Å². The fourth-order valence-corrected chi connectivity index (χ4v) is 3.15. The van der Waals surface area contributed by atoms with Crippen LogP contribution in [-0.2, 0) is 4.79 Å². The highest BCUT2D eigenvalue weighted by atomic mass is 32.2. The van der Waals surface area contributed by atoms with Gasteiger partial charge in [-0.05, 0) is 12.0 Å². The molecular weight excluding hydrogens is 276 g/mol. The van der Waals surface area contributed by atoms with Gasteiger partial charge < -0.3 is 10.5 Å². The van der Waals surface area contributed by atoms with Gasteiger partial charge in [-0.1, -0.05) is 36.5 Å². The number of thioether (sulfide) groups is 1. The Kier molecular flexibility index (Phi) is 5.24. The van der Waals surface area contributed by atoms with Crippen LogP contribution in [0.1, 0.15) is 24.0 Å². The van der Waals surface area contributed by atoms with E-state index in [1.54, 1.807) is 11.8 Å². The number of hydrogen-bond acceptors (Lipinski definition) is 5. The van der Waals surface area contributed by atoms with Crippen LogP contribution in [0, 0.1) is 0 Å². The number of nitrogens with zero attached hydrogens (tertiary/aromatic N) is 1. The standard InChI is InChI=1S/C14H16N2OS2/c15-8-13(18)10-3-5-11(6-4-10)14-16-12(9-19-14)2-1-7-17/h3-7,12H,1-2,8-9,15H2. The van der Waals surface area contributed by atoms with E-state index in [-0.39, 0.29) is 6.04 Å². The molecule has 5 heteroatoms. The molecule has 1 unspecified atom stereocenters. The quantitative estimate of drug-likeness (QED) is 0.496. The lowest BCUT2D eigenvalue weighted by atomic mass is 10.1. The lowest BCUT2D eigenvalue weighted by Gasteiger charge is -2.03. The summed E-state index contributed by atoms with van der Waals surface area (Å²) in [4.78, 5) is 15.8. The predicted molar refractivity (Wildman–Crippen MR) is 85.3 cm³/mol. The van der Waals surface area contributed by atoms with Gasteiger partial charge in [-0.15, -0.1) is 11.8 Å². The summed E-state index contributed by atoms with van der Waals surface area (Å²) in [6.07, 6.45) is 2.39. The minimum atomic E-state index is 0.273. The Morgan fingerprint density at radius 2 is 2.21 bits per heavy atom. The van der Waals surface area contributed by atoms with E-state index >= 15 is 0 Å². The van der Waals surface area contributed by atoms with E-state index in [1.807, 2.05) is 24.3 Å². The highest BCUT2D eigenvalue weighted by molar-refractivity contribution is 8.14. The Balaban J connectivity index is 2.06. The summed E-state index contributed by atoms with van der Waals surface area (Å²) in [5, 5.41) is 1.06. The van der Waals surface area contributed by atoms with Crippen LogP contribution in [0.2, 0.25) is 0 Å². The van der Waals surface area contributed by atoms with Gasteiger partial charge in [-0.3, -0.25) is 4.99 Å². The molecule has 1 aromatic carbocycles. The van der Waals surface area contributed by atoms with Crippen molar-refractivity contribution in [3.63, 3.8) is 0 Å². The zero-order chi connectivity index (χ0) is 13.7. The second-order valence-corrected chi connectivity index (χ2v) is 5.85. The van der Waals surface area contributed by atoms with Crippen molar-refractivity contribution < 1.29 is 4.79 Å². The molecule has 0 aliphatic carbocycles. The molecule has 1 aromatic rings. The van der Waals surface area contributed by atoms with Gasteiger partial charge in [0.25, 0.3) is 0 Å². The van der Waals surface area contributed by atoms with Crippen LogP contribution < -0.4 is 5.73 Å². The molecule has 0 amide bonds. The number of aldehydes is 1. The average molecular weight is 292 g/mol.